The van der Waals surface area contributed by atoms with Gasteiger partial charge in [0.15, 0.2) is 27.8 Å². The molecule has 0 saturated heterocycles. The van der Waals surface area contributed by atoms with Crippen molar-refractivity contribution in [2.45, 2.75) is 39.8 Å². The van der Waals surface area contributed by atoms with Crippen LogP contribution in [0.4, 0.5) is 0 Å². The van der Waals surface area contributed by atoms with Crippen LogP contribution in [-0.2, 0) is 22.6 Å². The molecule has 2 heterocycles. The summed E-state index contributed by atoms with van der Waals surface area (Å²) >= 11 is 7.62. The molecule has 9 nitrogen and oxygen atoms in total. The van der Waals surface area contributed by atoms with Crippen LogP contribution in [-0.4, -0.2) is 38.0 Å². The van der Waals surface area contributed by atoms with Gasteiger partial charge in [0.1, 0.15) is 6.61 Å². The quantitative estimate of drug-likeness (QED) is 0.122. The van der Waals surface area contributed by atoms with Gasteiger partial charge in [0.25, 0.3) is 5.56 Å². The average Bonchev–Trinajstić information content (AvgIpc) is 3.37. The van der Waals surface area contributed by atoms with Gasteiger partial charge in [0.2, 0.25) is 0 Å². The third-order valence-electron chi connectivity index (χ3n) is 7.69. The highest BCUT2D eigenvalue weighted by atomic mass is 35.5. The van der Waals surface area contributed by atoms with Gasteiger partial charge in [-0.2, -0.15) is 0 Å². The average molecular weight is 689 g/mol. The smallest absolute Gasteiger partial charge is 0.338 e. The van der Waals surface area contributed by atoms with Gasteiger partial charge in [-0.3, -0.25) is 9.36 Å². The minimum absolute atomic E-state index is 0.173. The first kappa shape index (κ1) is 34.5. The SMILES string of the molecule is C=CCc1cc(/C=c2/sc3n(c2=O)[C@@H](c2ccc(OC)c(OC)c2)C(C(=O)OCC)=C(C)N=3)cc(OCC)c1OCc1ccccc1Cl. The van der Waals surface area contributed by atoms with E-state index in [1.54, 1.807) is 51.3 Å². The van der Waals surface area contributed by atoms with Crippen LogP contribution < -0.4 is 33.8 Å². The van der Waals surface area contributed by atoms with Crippen LogP contribution in [0.5, 0.6) is 23.0 Å². The van der Waals surface area contributed by atoms with Crippen molar-refractivity contribution in [1.29, 1.82) is 0 Å². The van der Waals surface area contributed by atoms with Crippen molar-refractivity contribution in [2.24, 2.45) is 4.99 Å². The van der Waals surface area contributed by atoms with E-state index in [4.69, 9.17) is 35.3 Å². The van der Waals surface area contributed by atoms with E-state index in [-0.39, 0.29) is 24.3 Å². The first-order valence-corrected chi connectivity index (χ1v) is 16.6. The Labute approximate surface area is 288 Å². The number of hydrogen-bond acceptors (Lipinski definition) is 9. The molecule has 0 fully saturated rings. The van der Waals surface area contributed by atoms with E-state index >= 15 is 0 Å². The number of hydrogen-bond donors (Lipinski definition) is 0. The lowest BCUT2D eigenvalue weighted by atomic mass is 9.95. The molecular formula is C37H37ClN2O7S. The molecule has 5 rings (SSSR count). The Balaban J connectivity index is 1.65. The maximum absolute atomic E-state index is 14.3. The molecule has 1 atom stereocenters. The largest absolute Gasteiger partial charge is 0.493 e. The van der Waals surface area contributed by atoms with E-state index in [9.17, 15) is 9.59 Å². The Morgan fingerprint density at radius 2 is 1.77 bits per heavy atom. The van der Waals surface area contributed by atoms with Crippen LogP contribution in [0.1, 0.15) is 49.1 Å². The van der Waals surface area contributed by atoms with Crippen molar-refractivity contribution in [3.63, 3.8) is 0 Å². The first-order chi connectivity index (χ1) is 23.2. The van der Waals surface area contributed by atoms with Crippen molar-refractivity contribution < 1.29 is 28.5 Å². The van der Waals surface area contributed by atoms with Gasteiger partial charge in [-0.1, -0.05) is 53.3 Å². The van der Waals surface area contributed by atoms with Crippen molar-refractivity contribution in [3.8, 4) is 23.0 Å². The Kier molecular flexibility index (Phi) is 11.1. The zero-order valence-corrected chi connectivity index (χ0v) is 29.1. The molecule has 1 aliphatic rings. The number of benzene rings is 3. The number of carbonyl (C=O) groups excluding carboxylic acids is 1. The molecule has 1 aliphatic heterocycles. The number of carbonyl (C=O) groups is 1. The van der Waals surface area contributed by atoms with Gasteiger partial charge in [0, 0.05) is 16.1 Å². The lowest BCUT2D eigenvalue weighted by Crippen LogP contribution is -2.40. The normalized spacial score (nSPS) is 14.2. The number of fused-ring (bicyclic) bond motifs is 1. The second-order valence-corrected chi connectivity index (χ2v) is 12.1. The number of ether oxygens (including phenoxy) is 5. The third-order valence-corrected chi connectivity index (χ3v) is 9.04. The van der Waals surface area contributed by atoms with E-state index in [1.165, 1.54) is 23.0 Å². The molecule has 0 bridgehead atoms. The van der Waals surface area contributed by atoms with E-state index in [0.29, 0.717) is 61.6 Å². The maximum Gasteiger partial charge on any atom is 0.338 e. The molecule has 0 aliphatic carbocycles. The van der Waals surface area contributed by atoms with E-state index < -0.39 is 12.0 Å². The number of methoxy groups -OCH3 is 2. The molecule has 0 radical (unpaired) electrons. The van der Waals surface area contributed by atoms with Crippen LogP contribution in [0.25, 0.3) is 6.08 Å². The predicted molar refractivity (Wildman–Crippen MR) is 187 cm³/mol. The molecule has 0 amide bonds. The summed E-state index contributed by atoms with van der Waals surface area (Å²) in [5, 5.41) is 0.612. The van der Waals surface area contributed by atoms with Crippen LogP contribution in [0, 0.1) is 0 Å². The summed E-state index contributed by atoms with van der Waals surface area (Å²) in [6, 6.07) is 15.8. The lowest BCUT2D eigenvalue weighted by Gasteiger charge is -2.25. The lowest BCUT2D eigenvalue weighted by molar-refractivity contribution is -0.139. The van der Waals surface area contributed by atoms with Crippen molar-refractivity contribution in [3.05, 3.63) is 125 Å². The standard InChI is InChI=1S/C37H37ClN2O7S/c1-7-12-25-17-23(18-30(45-8-2)34(25)47-21-26-13-10-11-14-27(26)38)19-31-35(41)40-33(24-15-16-28(43-5)29(20-24)44-6)32(36(42)46-9-3)22(4)39-37(40)48-31/h7,10-11,13-20,33H,1,8-9,12,21H2,2-6H3/b31-19+/t33-/m0/s1. The molecule has 1 aromatic heterocycles. The van der Waals surface area contributed by atoms with Crippen molar-refractivity contribution >= 4 is 35.0 Å². The Bertz CT molecular complexity index is 2060. The zero-order chi connectivity index (χ0) is 34.4. The summed E-state index contributed by atoms with van der Waals surface area (Å²) < 4.78 is 30.7. The van der Waals surface area contributed by atoms with E-state index in [2.05, 4.69) is 11.6 Å². The number of esters is 1. The fourth-order valence-electron chi connectivity index (χ4n) is 5.55. The predicted octanol–water partition coefficient (Wildman–Crippen LogP) is 6.18. The van der Waals surface area contributed by atoms with Crippen molar-refractivity contribution in [2.75, 3.05) is 27.4 Å². The van der Waals surface area contributed by atoms with Crippen LogP contribution in [0.2, 0.25) is 5.02 Å². The highest BCUT2D eigenvalue weighted by molar-refractivity contribution is 7.07. The Morgan fingerprint density at radius 3 is 2.46 bits per heavy atom. The summed E-state index contributed by atoms with van der Waals surface area (Å²) in [5.74, 6) is 1.55. The maximum atomic E-state index is 14.3. The van der Waals surface area contributed by atoms with Gasteiger partial charge in [-0.05, 0) is 74.7 Å². The van der Waals surface area contributed by atoms with Gasteiger partial charge in [0.05, 0.1) is 49.3 Å². The number of rotatable bonds is 13. The number of allylic oxidation sites excluding steroid dienone is 2. The molecule has 0 saturated carbocycles. The molecule has 4 aromatic rings. The fourth-order valence-corrected chi connectivity index (χ4v) is 6.78. The number of halogens is 1. The summed E-state index contributed by atoms with van der Waals surface area (Å²) in [5.41, 5.74) is 3.49. The number of aromatic nitrogens is 1. The summed E-state index contributed by atoms with van der Waals surface area (Å²) in [6.07, 6.45) is 4.09. The van der Waals surface area contributed by atoms with Crippen LogP contribution in [0.3, 0.4) is 0 Å². The molecule has 0 spiro atoms. The molecule has 250 valence electrons. The summed E-state index contributed by atoms with van der Waals surface area (Å²) in [6.45, 7) is 10.1. The number of thiazole rings is 1. The summed E-state index contributed by atoms with van der Waals surface area (Å²) in [7, 11) is 3.08. The molecular weight excluding hydrogens is 652 g/mol. The second kappa shape index (κ2) is 15.4. The van der Waals surface area contributed by atoms with E-state index in [1.807, 2.05) is 43.3 Å². The number of nitrogens with zero attached hydrogens (tertiary/aromatic N) is 2. The minimum atomic E-state index is -0.807. The zero-order valence-electron chi connectivity index (χ0n) is 27.5. The monoisotopic (exact) mass is 688 g/mol. The highest BCUT2D eigenvalue weighted by Gasteiger charge is 2.34. The van der Waals surface area contributed by atoms with Crippen molar-refractivity contribution in [1.82, 2.24) is 4.57 Å². The Morgan fingerprint density at radius 1 is 1.00 bits per heavy atom. The topological polar surface area (TPSA) is 97.6 Å². The van der Waals surface area contributed by atoms with Crippen LogP contribution in [0.15, 0.2) is 88.3 Å². The fraction of sp³-hybridized carbons (Fsp3) is 0.270. The first-order valence-electron chi connectivity index (χ1n) is 15.4. The molecule has 48 heavy (non-hydrogen) atoms. The molecule has 11 heteroatoms. The van der Waals surface area contributed by atoms with Gasteiger partial charge >= 0.3 is 5.97 Å². The highest BCUT2D eigenvalue weighted by Crippen LogP contribution is 2.37. The minimum Gasteiger partial charge on any atom is -0.493 e. The molecule has 0 unspecified atom stereocenters. The third kappa shape index (κ3) is 7.05. The molecule has 0 N–H and O–H groups in total. The van der Waals surface area contributed by atoms with Gasteiger partial charge < -0.3 is 23.7 Å². The molecule has 3 aromatic carbocycles. The van der Waals surface area contributed by atoms with E-state index in [0.717, 1.165) is 16.7 Å². The Hall–Kier alpha value is -4.80. The van der Waals surface area contributed by atoms with Crippen LogP contribution >= 0.6 is 22.9 Å². The van der Waals surface area contributed by atoms with Gasteiger partial charge in [-0.15, -0.1) is 6.58 Å². The second-order valence-electron chi connectivity index (χ2n) is 10.7. The van der Waals surface area contributed by atoms with Gasteiger partial charge in [-0.25, -0.2) is 9.79 Å². The summed E-state index contributed by atoms with van der Waals surface area (Å²) in [4.78, 5) is 32.7.